The van der Waals surface area contributed by atoms with Crippen LogP contribution in [0.5, 0.6) is 5.75 Å². The van der Waals surface area contributed by atoms with Crippen molar-refractivity contribution in [1.82, 2.24) is 25.9 Å². The first-order valence-electron chi connectivity index (χ1n) is 13.2. The van der Waals surface area contributed by atoms with Crippen LogP contribution in [-0.2, 0) is 32.0 Å². The van der Waals surface area contributed by atoms with Crippen LogP contribution in [0.1, 0.15) is 30.5 Å². The van der Waals surface area contributed by atoms with E-state index >= 15 is 0 Å². The Kier molecular flexibility index (Phi) is 14.1. The molecule has 0 aliphatic rings. The van der Waals surface area contributed by atoms with Crippen molar-refractivity contribution in [1.29, 1.82) is 0 Å². The SMILES string of the molecule is CSCCC(NC(=O)C(Cc1cnc[nH]1)NC(=O)C(CCCN=C(N)N)NC(=O)C(N)Cc1ccc(O)cc1)C(=O)O. The number of hydrogen-bond donors (Lipinski definition) is 9. The van der Waals surface area contributed by atoms with Gasteiger partial charge < -0.3 is 48.3 Å². The summed E-state index contributed by atoms with van der Waals surface area (Å²) in [6.07, 6.45) is 5.46. The molecule has 0 saturated heterocycles. The van der Waals surface area contributed by atoms with Crippen molar-refractivity contribution in [2.75, 3.05) is 18.6 Å². The number of carbonyl (C=O) groups excluding carboxylic acids is 3. The van der Waals surface area contributed by atoms with Crippen LogP contribution in [0.2, 0.25) is 0 Å². The molecule has 2 aromatic rings. The number of carbonyl (C=O) groups is 4. The second-order valence-electron chi connectivity index (χ2n) is 9.51. The van der Waals surface area contributed by atoms with Crippen molar-refractivity contribution < 1.29 is 29.4 Å². The van der Waals surface area contributed by atoms with Gasteiger partial charge in [0.25, 0.3) is 0 Å². The Labute approximate surface area is 247 Å². The number of aromatic amines is 1. The number of guanidine groups is 1. The maximum Gasteiger partial charge on any atom is 0.326 e. The third kappa shape index (κ3) is 12.1. The van der Waals surface area contributed by atoms with Crippen LogP contribution in [0, 0.1) is 0 Å². The van der Waals surface area contributed by atoms with Gasteiger partial charge in [-0.3, -0.25) is 19.4 Å². The summed E-state index contributed by atoms with van der Waals surface area (Å²) in [5.41, 5.74) is 18.1. The summed E-state index contributed by atoms with van der Waals surface area (Å²) in [5, 5.41) is 26.8. The molecule has 0 radical (unpaired) electrons. The average Bonchev–Trinajstić information content (AvgIpc) is 3.46. The largest absolute Gasteiger partial charge is 0.508 e. The normalized spacial score (nSPS) is 13.7. The quantitative estimate of drug-likeness (QED) is 0.0540. The lowest BCUT2D eigenvalue weighted by atomic mass is 10.0. The number of hydrogen-bond acceptors (Lipinski definition) is 9. The van der Waals surface area contributed by atoms with Crippen LogP contribution in [0.15, 0.2) is 41.8 Å². The second-order valence-corrected chi connectivity index (χ2v) is 10.5. The molecule has 0 aliphatic heterocycles. The summed E-state index contributed by atoms with van der Waals surface area (Å²) in [6.45, 7) is 0.190. The molecule has 15 nitrogen and oxygen atoms in total. The molecule has 4 atom stereocenters. The Morgan fingerprint density at radius 3 is 2.21 bits per heavy atom. The molecule has 0 saturated carbocycles. The fourth-order valence-corrected chi connectivity index (χ4v) is 4.36. The molecule has 1 aromatic heterocycles. The van der Waals surface area contributed by atoms with E-state index < -0.39 is 47.9 Å². The zero-order chi connectivity index (χ0) is 31.1. The lowest BCUT2D eigenvalue weighted by Gasteiger charge is -2.25. The number of aromatic hydroxyl groups is 1. The third-order valence-corrected chi connectivity index (χ3v) is 6.79. The first kappa shape index (κ1) is 33.9. The van der Waals surface area contributed by atoms with Gasteiger partial charge in [0, 0.05) is 24.9 Å². The first-order valence-corrected chi connectivity index (χ1v) is 14.6. The van der Waals surface area contributed by atoms with Crippen LogP contribution in [0.3, 0.4) is 0 Å². The van der Waals surface area contributed by atoms with Gasteiger partial charge >= 0.3 is 5.97 Å². The smallest absolute Gasteiger partial charge is 0.326 e. The zero-order valence-electron chi connectivity index (χ0n) is 23.3. The number of aliphatic carboxylic acids is 1. The Balaban J connectivity index is 2.20. The summed E-state index contributed by atoms with van der Waals surface area (Å²) in [5.74, 6) is -2.74. The molecule has 0 spiro atoms. The number of imidazole rings is 1. The number of benzene rings is 1. The van der Waals surface area contributed by atoms with E-state index in [0.29, 0.717) is 23.4 Å². The first-order chi connectivity index (χ1) is 20.0. The topological polar surface area (TPSA) is 264 Å². The Bertz CT molecular complexity index is 1190. The fourth-order valence-electron chi connectivity index (χ4n) is 3.89. The number of amides is 3. The number of thioether (sulfide) groups is 1. The second kappa shape index (κ2) is 17.5. The molecular formula is C26H39N9O6S. The number of carboxylic acids is 1. The Morgan fingerprint density at radius 1 is 0.976 bits per heavy atom. The van der Waals surface area contributed by atoms with Crippen LogP contribution in [0.25, 0.3) is 0 Å². The summed E-state index contributed by atoms with van der Waals surface area (Å²) in [4.78, 5) is 62.0. The van der Waals surface area contributed by atoms with Gasteiger partial charge in [0.15, 0.2) is 5.96 Å². The zero-order valence-corrected chi connectivity index (χ0v) is 24.1. The van der Waals surface area contributed by atoms with Crippen LogP contribution >= 0.6 is 11.8 Å². The average molecular weight is 606 g/mol. The number of nitrogens with one attached hydrogen (secondary N) is 4. The number of nitrogens with zero attached hydrogens (tertiary/aromatic N) is 2. The van der Waals surface area contributed by atoms with E-state index in [1.54, 1.807) is 12.1 Å². The Hall–Kier alpha value is -4.31. The van der Waals surface area contributed by atoms with Crippen LogP contribution in [-0.4, -0.2) is 92.6 Å². The minimum atomic E-state index is -1.20. The molecule has 1 aromatic carbocycles. The number of phenolic OH excluding ortho intramolecular Hbond substituents is 1. The van der Waals surface area contributed by atoms with Crippen molar-refractivity contribution in [3.05, 3.63) is 48.0 Å². The highest BCUT2D eigenvalue weighted by Crippen LogP contribution is 2.11. The van der Waals surface area contributed by atoms with Gasteiger partial charge in [-0.2, -0.15) is 11.8 Å². The standard InChI is InChI=1S/C26H39N9O6S/c1-42-10-8-20(25(40)41)34-24(39)21(12-16-13-30-14-32-16)35-23(38)19(3-2-9-31-26(28)29)33-22(37)18(27)11-15-4-6-17(36)7-5-15/h4-7,13-14,18-21,36H,2-3,8-12,27H2,1H3,(H,30,32)(H,33,37)(H,34,39)(H,35,38)(H,40,41)(H4,28,29,31). The number of nitrogens with two attached hydrogens (primary N) is 3. The number of carboxylic acid groups (broad SMARTS) is 1. The molecule has 16 heteroatoms. The van der Waals surface area contributed by atoms with Gasteiger partial charge in [0.1, 0.15) is 23.9 Å². The molecule has 2 rings (SSSR count). The van der Waals surface area contributed by atoms with Crippen molar-refractivity contribution in [3.8, 4) is 5.75 Å². The van der Waals surface area contributed by atoms with E-state index in [1.165, 1.54) is 36.4 Å². The number of H-pyrrole nitrogens is 1. The molecule has 42 heavy (non-hydrogen) atoms. The molecule has 1 heterocycles. The van der Waals surface area contributed by atoms with Gasteiger partial charge in [0.2, 0.25) is 17.7 Å². The summed E-state index contributed by atoms with van der Waals surface area (Å²) < 4.78 is 0. The molecule has 3 amide bonds. The number of aromatic nitrogens is 2. The van der Waals surface area contributed by atoms with E-state index in [1.807, 2.05) is 6.26 Å². The maximum atomic E-state index is 13.5. The minimum absolute atomic E-state index is 0.0124. The van der Waals surface area contributed by atoms with E-state index in [-0.39, 0.29) is 43.9 Å². The number of aliphatic imine (C=N–C) groups is 1. The van der Waals surface area contributed by atoms with Crippen molar-refractivity contribution in [2.45, 2.75) is 56.3 Å². The lowest BCUT2D eigenvalue weighted by Crippen LogP contribution is -2.57. The van der Waals surface area contributed by atoms with E-state index in [4.69, 9.17) is 17.2 Å². The van der Waals surface area contributed by atoms with Crippen molar-refractivity contribution >= 4 is 41.4 Å². The van der Waals surface area contributed by atoms with Gasteiger partial charge in [-0.15, -0.1) is 0 Å². The Morgan fingerprint density at radius 2 is 1.62 bits per heavy atom. The monoisotopic (exact) mass is 605 g/mol. The highest BCUT2D eigenvalue weighted by molar-refractivity contribution is 7.98. The highest BCUT2D eigenvalue weighted by Gasteiger charge is 2.30. The molecule has 230 valence electrons. The minimum Gasteiger partial charge on any atom is -0.508 e. The summed E-state index contributed by atoms with van der Waals surface area (Å²) in [6, 6.07) is 1.74. The van der Waals surface area contributed by atoms with E-state index in [2.05, 4.69) is 30.9 Å². The highest BCUT2D eigenvalue weighted by atomic mass is 32.2. The van der Waals surface area contributed by atoms with Crippen molar-refractivity contribution in [3.63, 3.8) is 0 Å². The third-order valence-electron chi connectivity index (χ3n) is 6.14. The fraction of sp³-hybridized carbons (Fsp3) is 0.462. The van der Waals surface area contributed by atoms with Crippen LogP contribution < -0.4 is 33.2 Å². The molecular weight excluding hydrogens is 566 g/mol. The predicted octanol–water partition coefficient (Wildman–Crippen LogP) is -1.43. The van der Waals surface area contributed by atoms with Crippen LogP contribution in [0.4, 0.5) is 0 Å². The number of phenols is 1. The lowest BCUT2D eigenvalue weighted by molar-refractivity contribution is -0.142. The van der Waals surface area contributed by atoms with Gasteiger partial charge in [-0.05, 0) is 55.4 Å². The molecule has 0 bridgehead atoms. The van der Waals surface area contributed by atoms with Crippen molar-refractivity contribution in [2.24, 2.45) is 22.2 Å². The van der Waals surface area contributed by atoms with Gasteiger partial charge in [0.05, 0.1) is 12.4 Å². The van der Waals surface area contributed by atoms with E-state index in [9.17, 15) is 29.4 Å². The van der Waals surface area contributed by atoms with Gasteiger partial charge in [-0.1, -0.05) is 12.1 Å². The molecule has 4 unspecified atom stereocenters. The molecule has 0 aliphatic carbocycles. The molecule has 0 fully saturated rings. The summed E-state index contributed by atoms with van der Waals surface area (Å²) in [7, 11) is 0. The maximum absolute atomic E-state index is 13.5. The molecule has 12 N–H and O–H groups in total. The summed E-state index contributed by atoms with van der Waals surface area (Å²) >= 11 is 1.44. The van der Waals surface area contributed by atoms with Gasteiger partial charge in [-0.25, -0.2) is 9.78 Å². The van der Waals surface area contributed by atoms with E-state index in [0.717, 1.165) is 0 Å². The number of rotatable bonds is 18. The predicted molar refractivity (Wildman–Crippen MR) is 158 cm³/mol.